The molecule has 1 aromatic heterocycles. The minimum absolute atomic E-state index is 0.0163. The first-order valence-corrected chi connectivity index (χ1v) is 9.13. The van der Waals surface area contributed by atoms with Crippen LogP contribution in [0.4, 0.5) is 5.69 Å². The summed E-state index contributed by atoms with van der Waals surface area (Å²) in [6, 6.07) is 5.07. The molecular formula is C14H17ClN2O2S2. The highest BCUT2D eigenvalue weighted by Crippen LogP contribution is 2.30. The van der Waals surface area contributed by atoms with Crippen LogP contribution in [0.5, 0.6) is 0 Å². The average molecular weight is 345 g/mol. The van der Waals surface area contributed by atoms with E-state index in [0.717, 1.165) is 26.7 Å². The average Bonchev–Trinajstić information content (AvgIpc) is 2.80. The van der Waals surface area contributed by atoms with Gasteiger partial charge >= 0.3 is 0 Å². The van der Waals surface area contributed by atoms with E-state index in [0.29, 0.717) is 0 Å². The van der Waals surface area contributed by atoms with Crippen molar-refractivity contribution in [2.75, 3.05) is 5.32 Å². The molecule has 1 aromatic carbocycles. The maximum atomic E-state index is 11.5. The molecule has 114 valence electrons. The molecule has 0 saturated carbocycles. The number of thiophene rings is 1. The van der Waals surface area contributed by atoms with Crippen molar-refractivity contribution in [2.24, 2.45) is 5.14 Å². The number of anilines is 1. The Hall–Kier alpha value is -1.08. The molecule has 4 nitrogen and oxygen atoms in total. The lowest BCUT2D eigenvalue weighted by Crippen LogP contribution is -2.14. The fraction of sp³-hybridized carbons (Fsp3) is 0.286. The van der Waals surface area contributed by atoms with Crippen LogP contribution < -0.4 is 10.5 Å². The van der Waals surface area contributed by atoms with Gasteiger partial charge in [0.25, 0.3) is 0 Å². The molecule has 1 atom stereocenters. The number of halogens is 1. The smallest absolute Gasteiger partial charge is 0.238 e. The van der Waals surface area contributed by atoms with E-state index in [1.165, 1.54) is 11.3 Å². The second kappa shape index (κ2) is 5.96. The Balaban J connectivity index is 2.37. The largest absolute Gasteiger partial charge is 0.378 e. The van der Waals surface area contributed by atoms with Crippen molar-refractivity contribution in [3.63, 3.8) is 0 Å². The standard InChI is InChI=1S/C14H17ClN2O2S2/c1-8-4-12(21(16,18)19)6-13(9(8)2)17-10(3)11-5-14(15)20-7-11/h4-7,10,17H,1-3H3,(H2,16,18,19). The van der Waals surface area contributed by atoms with Gasteiger partial charge in [0.15, 0.2) is 0 Å². The van der Waals surface area contributed by atoms with Gasteiger partial charge in [-0.1, -0.05) is 11.6 Å². The summed E-state index contributed by atoms with van der Waals surface area (Å²) >= 11 is 7.41. The fourth-order valence-electron chi connectivity index (χ4n) is 2.01. The molecule has 0 bridgehead atoms. The normalized spacial score (nSPS) is 13.2. The van der Waals surface area contributed by atoms with Crippen LogP contribution >= 0.6 is 22.9 Å². The lowest BCUT2D eigenvalue weighted by atomic mass is 10.1. The molecular weight excluding hydrogens is 328 g/mol. The Morgan fingerprint density at radius 2 is 1.95 bits per heavy atom. The van der Waals surface area contributed by atoms with E-state index in [4.69, 9.17) is 16.7 Å². The van der Waals surface area contributed by atoms with Gasteiger partial charge in [0.05, 0.1) is 9.23 Å². The van der Waals surface area contributed by atoms with Crippen LogP contribution in [0.1, 0.15) is 29.7 Å². The fourth-order valence-corrected chi connectivity index (χ4v) is 3.62. The number of aryl methyl sites for hydroxylation is 1. The molecule has 0 aliphatic carbocycles. The van der Waals surface area contributed by atoms with Crippen LogP contribution in [0.25, 0.3) is 0 Å². The van der Waals surface area contributed by atoms with E-state index in [1.54, 1.807) is 12.1 Å². The van der Waals surface area contributed by atoms with Crippen molar-refractivity contribution < 1.29 is 8.42 Å². The Morgan fingerprint density at radius 1 is 1.29 bits per heavy atom. The van der Waals surface area contributed by atoms with Gasteiger partial charge in [-0.2, -0.15) is 0 Å². The van der Waals surface area contributed by atoms with Crippen LogP contribution in [0.15, 0.2) is 28.5 Å². The molecule has 0 aliphatic heterocycles. The van der Waals surface area contributed by atoms with E-state index >= 15 is 0 Å². The Bertz CT molecular complexity index is 769. The van der Waals surface area contributed by atoms with E-state index < -0.39 is 10.0 Å². The maximum absolute atomic E-state index is 11.5. The lowest BCUT2D eigenvalue weighted by Gasteiger charge is -2.18. The van der Waals surface area contributed by atoms with Crippen molar-refractivity contribution in [3.05, 3.63) is 44.6 Å². The number of hydrogen-bond acceptors (Lipinski definition) is 4. The van der Waals surface area contributed by atoms with Crippen molar-refractivity contribution >= 4 is 38.6 Å². The Morgan fingerprint density at radius 3 is 2.48 bits per heavy atom. The van der Waals surface area contributed by atoms with Gasteiger partial charge in [-0.25, -0.2) is 13.6 Å². The SMILES string of the molecule is Cc1cc(S(N)(=O)=O)cc(NC(C)c2csc(Cl)c2)c1C. The molecule has 0 fully saturated rings. The second-order valence-electron chi connectivity index (χ2n) is 5.01. The first-order chi connectivity index (χ1) is 9.68. The molecule has 7 heteroatoms. The number of nitrogens with one attached hydrogen (secondary N) is 1. The van der Waals surface area contributed by atoms with E-state index in [2.05, 4.69) is 5.32 Å². The van der Waals surface area contributed by atoms with Gasteiger partial charge in [0, 0.05) is 11.7 Å². The van der Waals surface area contributed by atoms with Crippen LogP contribution in [0.3, 0.4) is 0 Å². The maximum Gasteiger partial charge on any atom is 0.238 e. The van der Waals surface area contributed by atoms with Crippen molar-refractivity contribution in [1.82, 2.24) is 0 Å². The highest BCUT2D eigenvalue weighted by molar-refractivity contribution is 7.89. The Kier molecular flexibility index (Phi) is 4.63. The topological polar surface area (TPSA) is 72.2 Å². The highest BCUT2D eigenvalue weighted by Gasteiger charge is 2.15. The number of sulfonamides is 1. The number of benzene rings is 1. The van der Waals surface area contributed by atoms with Crippen LogP contribution in [-0.4, -0.2) is 8.42 Å². The molecule has 0 spiro atoms. The minimum Gasteiger partial charge on any atom is -0.378 e. The van der Waals surface area contributed by atoms with Crippen LogP contribution in [0, 0.1) is 13.8 Å². The number of primary sulfonamides is 1. The molecule has 1 unspecified atom stereocenters. The lowest BCUT2D eigenvalue weighted by molar-refractivity contribution is 0.597. The predicted octanol–water partition coefficient (Wildman–Crippen LogP) is 3.84. The quantitative estimate of drug-likeness (QED) is 0.885. The van der Waals surface area contributed by atoms with Crippen LogP contribution in [0.2, 0.25) is 4.34 Å². The highest BCUT2D eigenvalue weighted by atomic mass is 35.5. The molecule has 1 heterocycles. The summed E-state index contributed by atoms with van der Waals surface area (Å²) in [5.74, 6) is 0. The molecule has 0 aliphatic rings. The molecule has 2 rings (SSSR count). The molecule has 0 radical (unpaired) electrons. The summed E-state index contributed by atoms with van der Waals surface area (Å²) in [6.07, 6.45) is 0. The van der Waals surface area contributed by atoms with Crippen LogP contribution in [-0.2, 0) is 10.0 Å². The predicted molar refractivity (Wildman–Crippen MR) is 88.7 cm³/mol. The summed E-state index contributed by atoms with van der Waals surface area (Å²) in [5.41, 5.74) is 3.69. The summed E-state index contributed by atoms with van der Waals surface area (Å²) in [5, 5.41) is 10.5. The first kappa shape index (κ1) is 16.3. The van der Waals surface area contributed by atoms with Gasteiger partial charge in [-0.15, -0.1) is 11.3 Å². The zero-order valence-electron chi connectivity index (χ0n) is 12.0. The third kappa shape index (κ3) is 3.77. The summed E-state index contributed by atoms with van der Waals surface area (Å²) < 4.78 is 23.8. The first-order valence-electron chi connectivity index (χ1n) is 6.33. The molecule has 0 amide bonds. The van der Waals surface area contributed by atoms with Gasteiger partial charge in [-0.05, 0) is 61.0 Å². The monoisotopic (exact) mass is 344 g/mol. The van der Waals surface area contributed by atoms with Crippen molar-refractivity contribution in [2.45, 2.75) is 31.7 Å². The van der Waals surface area contributed by atoms with E-state index in [1.807, 2.05) is 32.2 Å². The van der Waals surface area contributed by atoms with Crippen molar-refractivity contribution in [1.29, 1.82) is 0 Å². The third-order valence-corrected chi connectivity index (χ3v) is 5.43. The number of rotatable bonds is 4. The molecule has 0 saturated heterocycles. The third-order valence-electron chi connectivity index (χ3n) is 3.43. The summed E-state index contributed by atoms with van der Waals surface area (Å²) in [6.45, 7) is 5.80. The van der Waals surface area contributed by atoms with Crippen molar-refractivity contribution in [3.8, 4) is 0 Å². The number of nitrogens with two attached hydrogens (primary N) is 1. The molecule has 21 heavy (non-hydrogen) atoms. The summed E-state index contributed by atoms with van der Waals surface area (Å²) in [4.78, 5) is 0.114. The van der Waals surface area contributed by atoms with E-state index in [9.17, 15) is 8.42 Å². The van der Waals surface area contributed by atoms with Gasteiger partial charge in [0.2, 0.25) is 10.0 Å². The summed E-state index contributed by atoms with van der Waals surface area (Å²) in [7, 11) is -3.72. The van der Waals surface area contributed by atoms with Gasteiger partial charge in [-0.3, -0.25) is 0 Å². The number of hydrogen-bond donors (Lipinski definition) is 2. The minimum atomic E-state index is -3.72. The zero-order valence-corrected chi connectivity index (χ0v) is 14.4. The zero-order chi connectivity index (χ0) is 15.8. The van der Waals surface area contributed by atoms with E-state index in [-0.39, 0.29) is 10.9 Å². The Labute approximate surface area is 134 Å². The second-order valence-corrected chi connectivity index (χ2v) is 8.11. The molecule has 3 N–H and O–H groups in total. The molecule has 2 aromatic rings. The van der Waals surface area contributed by atoms with Gasteiger partial charge in [0.1, 0.15) is 0 Å². The van der Waals surface area contributed by atoms with Gasteiger partial charge < -0.3 is 5.32 Å².